The van der Waals surface area contributed by atoms with Crippen LogP contribution >= 0.6 is 0 Å². The van der Waals surface area contributed by atoms with Gasteiger partial charge in [-0.3, -0.25) is 9.59 Å². The van der Waals surface area contributed by atoms with Crippen LogP contribution in [0.1, 0.15) is 13.3 Å². The SMILES string of the molecule is CCOc1ccc(NC(=O)C2CC(=O)N(c3c(F)cccc3F)C2)cc1. The molecule has 0 radical (unpaired) electrons. The summed E-state index contributed by atoms with van der Waals surface area (Å²) in [7, 11) is 0. The van der Waals surface area contributed by atoms with Crippen LogP contribution in [0.25, 0.3) is 0 Å². The number of halogens is 2. The lowest BCUT2D eigenvalue weighted by Crippen LogP contribution is -2.29. The van der Waals surface area contributed by atoms with Crippen LogP contribution in [0.2, 0.25) is 0 Å². The zero-order valence-corrected chi connectivity index (χ0v) is 14.2. The minimum atomic E-state index is -0.828. The highest BCUT2D eigenvalue weighted by molar-refractivity contribution is 6.03. The number of nitrogens with zero attached hydrogens (tertiary/aromatic N) is 1. The van der Waals surface area contributed by atoms with Gasteiger partial charge in [0.2, 0.25) is 11.8 Å². The molecule has 1 aliphatic heterocycles. The number of rotatable bonds is 5. The Morgan fingerprint density at radius 1 is 1.19 bits per heavy atom. The Bertz CT molecular complexity index is 804. The molecular weight excluding hydrogens is 342 g/mol. The van der Waals surface area contributed by atoms with Crippen LogP contribution in [0.15, 0.2) is 42.5 Å². The topological polar surface area (TPSA) is 58.6 Å². The highest BCUT2D eigenvalue weighted by Crippen LogP contribution is 2.30. The van der Waals surface area contributed by atoms with E-state index in [4.69, 9.17) is 4.74 Å². The second-order valence-electron chi connectivity index (χ2n) is 5.92. The van der Waals surface area contributed by atoms with E-state index in [2.05, 4.69) is 5.32 Å². The maximum absolute atomic E-state index is 13.9. The Hall–Kier alpha value is -2.96. The molecule has 1 heterocycles. The molecule has 2 aromatic carbocycles. The number of anilines is 2. The standard InChI is InChI=1S/C19H18F2N2O3/c1-2-26-14-8-6-13(7-9-14)22-19(25)12-10-17(24)23(11-12)18-15(20)4-3-5-16(18)21/h3-9,12H,2,10-11H2,1H3,(H,22,25). The van der Waals surface area contributed by atoms with Gasteiger partial charge in [0.25, 0.3) is 0 Å². The van der Waals surface area contributed by atoms with Gasteiger partial charge in [-0.25, -0.2) is 8.78 Å². The first-order valence-corrected chi connectivity index (χ1v) is 8.27. The van der Waals surface area contributed by atoms with Crippen LogP contribution in [0.3, 0.4) is 0 Å². The van der Waals surface area contributed by atoms with E-state index in [1.54, 1.807) is 24.3 Å². The van der Waals surface area contributed by atoms with Gasteiger partial charge < -0.3 is 15.0 Å². The van der Waals surface area contributed by atoms with E-state index in [1.807, 2.05) is 6.92 Å². The first-order valence-electron chi connectivity index (χ1n) is 8.27. The summed E-state index contributed by atoms with van der Waals surface area (Å²) in [5.41, 5.74) is 0.148. The number of ether oxygens (including phenoxy) is 1. The van der Waals surface area contributed by atoms with E-state index < -0.39 is 29.1 Å². The monoisotopic (exact) mass is 360 g/mol. The molecular formula is C19H18F2N2O3. The molecule has 0 aromatic heterocycles. The summed E-state index contributed by atoms with van der Waals surface area (Å²) in [4.78, 5) is 25.6. The molecule has 1 unspecified atom stereocenters. The fourth-order valence-corrected chi connectivity index (χ4v) is 2.89. The molecule has 1 aliphatic rings. The van der Waals surface area contributed by atoms with Crippen LogP contribution in [-0.2, 0) is 9.59 Å². The number of benzene rings is 2. The molecule has 0 saturated carbocycles. The van der Waals surface area contributed by atoms with E-state index in [0.29, 0.717) is 18.0 Å². The summed E-state index contributed by atoms with van der Waals surface area (Å²) >= 11 is 0. The van der Waals surface area contributed by atoms with Crippen LogP contribution in [0, 0.1) is 17.6 Å². The van der Waals surface area contributed by atoms with Gasteiger partial charge >= 0.3 is 0 Å². The number of amides is 2. The van der Waals surface area contributed by atoms with Crippen molar-refractivity contribution in [2.75, 3.05) is 23.4 Å². The molecule has 0 aliphatic carbocycles. The van der Waals surface area contributed by atoms with E-state index in [0.717, 1.165) is 17.0 Å². The quantitative estimate of drug-likeness (QED) is 0.890. The molecule has 0 bridgehead atoms. The molecule has 3 rings (SSSR count). The number of para-hydroxylation sites is 1. The van der Waals surface area contributed by atoms with Crippen LogP contribution in [0.4, 0.5) is 20.2 Å². The highest BCUT2D eigenvalue weighted by Gasteiger charge is 2.37. The predicted molar refractivity (Wildman–Crippen MR) is 93.1 cm³/mol. The van der Waals surface area contributed by atoms with Crippen molar-refractivity contribution in [1.29, 1.82) is 0 Å². The van der Waals surface area contributed by atoms with Crippen molar-refractivity contribution in [3.05, 3.63) is 54.1 Å². The normalized spacial score (nSPS) is 16.7. The van der Waals surface area contributed by atoms with Crippen LogP contribution in [-0.4, -0.2) is 25.0 Å². The van der Waals surface area contributed by atoms with Crippen molar-refractivity contribution in [1.82, 2.24) is 0 Å². The lowest BCUT2D eigenvalue weighted by molar-refractivity contribution is -0.122. The molecule has 26 heavy (non-hydrogen) atoms. The molecule has 5 nitrogen and oxygen atoms in total. The highest BCUT2D eigenvalue weighted by atomic mass is 19.1. The zero-order valence-electron chi connectivity index (χ0n) is 14.2. The minimum Gasteiger partial charge on any atom is -0.494 e. The van der Waals surface area contributed by atoms with Crippen molar-refractivity contribution in [3.63, 3.8) is 0 Å². The molecule has 1 N–H and O–H groups in total. The summed E-state index contributed by atoms with van der Waals surface area (Å²) in [6, 6.07) is 10.2. The third-order valence-corrected chi connectivity index (χ3v) is 4.14. The minimum absolute atomic E-state index is 0.0699. The lowest BCUT2D eigenvalue weighted by atomic mass is 10.1. The predicted octanol–water partition coefficient (Wildman–Crippen LogP) is 3.36. The molecule has 2 amide bonds. The van der Waals surface area contributed by atoms with Gasteiger partial charge in [-0.2, -0.15) is 0 Å². The van der Waals surface area contributed by atoms with Gasteiger partial charge in [-0.1, -0.05) is 6.07 Å². The molecule has 2 aromatic rings. The van der Waals surface area contributed by atoms with Gasteiger partial charge in [0.1, 0.15) is 23.1 Å². The maximum Gasteiger partial charge on any atom is 0.229 e. The summed E-state index contributed by atoms with van der Waals surface area (Å²) in [6.45, 7) is 2.34. The van der Waals surface area contributed by atoms with Crippen molar-refractivity contribution in [2.24, 2.45) is 5.92 Å². The fraction of sp³-hybridized carbons (Fsp3) is 0.263. The summed E-state index contributed by atoms with van der Waals surface area (Å²) < 4.78 is 33.1. The Balaban J connectivity index is 1.69. The van der Waals surface area contributed by atoms with Crippen molar-refractivity contribution < 1.29 is 23.1 Å². The van der Waals surface area contributed by atoms with Crippen molar-refractivity contribution >= 4 is 23.2 Å². The molecule has 0 spiro atoms. The molecule has 1 saturated heterocycles. The number of carbonyl (C=O) groups is 2. The van der Waals surface area contributed by atoms with E-state index >= 15 is 0 Å². The summed E-state index contributed by atoms with van der Waals surface area (Å²) in [5, 5.41) is 2.71. The van der Waals surface area contributed by atoms with Crippen LogP contribution in [0.5, 0.6) is 5.75 Å². The Kier molecular flexibility index (Phi) is 5.16. The van der Waals surface area contributed by atoms with Crippen molar-refractivity contribution in [2.45, 2.75) is 13.3 Å². The van der Waals surface area contributed by atoms with Gasteiger partial charge in [0.15, 0.2) is 0 Å². The number of hydrogen-bond acceptors (Lipinski definition) is 3. The Labute approximate surface area is 149 Å². The number of nitrogens with one attached hydrogen (secondary N) is 1. The molecule has 1 atom stereocenters. The van der Waals surface area contributed by atoms with Crippen molar-refractivity contribution in [3.8, 4) is 5.75 Å². The number of carbonyl (C=O) groups excluding carboxylic acids is 2. The van der Waals surface area contributed by atoms with Gasteiger partial charge in [0.05, 0.1) is 12.5 Å². The third-order valence-electron chi connectivity index (χ3n) is 4.14. The lowest BCUT2D eigenvalue weighted by Gasteiger charge is -2.18. The van der Waals surface area contributed by atoms with Gasteiger partial charge in [-0.15, -0.1) is 0 Å². The second kappa shape index (κ2) is 7.51. The molecule has 1 fully saturated rings. The van der Waals surface area contributed by atoms with E-state index in [9.17, 15) is 18.4 Å². The summed E-state index contributed by atoms with van der Waals surface area (Å²) in [6.07, 6.45) is -0.101. The number of hydrogen-bond donors (Lipinski definition) is 1. The fourth-order valence-electron chi connectivity index (χ4n) is 2.89. The second-order valence-corrected chi connectivity index (χ2v) is 5.92. The Morgan fingerprint density at radius 3 is 2.46 bits per heavy atom. The maximum atomic E-state index is 13.9. The first kappa shape index (κ1) is 17.8. The smallest absolute Gasteiger partial charge is 0.229 e. The Morgan fingerprint density at radius 2 is 1.85 bits per heavy atom. The average molecular weight is 360 g/mol. The zero-order chi connectivity index (χ0) is 18.7. The van der Waals surface area contributed by atoms with E-state index in [1.165, 1.54) is 6.07 Å². The third kappa shape index (κ3) is 3.66. The summed E-state index contributed by atoms with van der Waals surface area (Å²) in [5.74, 6) is -2.52. The largest absolute Gasteiger partial charge is 0.494 e. The van der Waals surface area contributed by atoms with Gasteiger partial charge in [0, 0.05) is 18.7 Å². The van der Waals surface area contributed by atoms with Crippen LogP contribution < -0.4 is 15.0 Å². The van der Waals surface area contributed by atoms with Gasteiger partial charge in [-0.05, 0) is 43.3 Å². The molecule has 136 valence electrons. The first-order chi connectivity index (χ1) is 12.5. The van der Waals surface area contributed by atoms with E-state index in [-0.39, 0.29) is 18.9 Å². The molecule has 7 heteroatoms. The average Bonchev–Trinajstić information content (AvgIpc) is 2.99.